The van der Waals surface area contributed by atoms with Gasteiger partial charge < -0.3 is 4.90 Å². The molecule has 0 unspecified atom stereocenters. The fraction of sp³-hybridized carbons (Fsp3) is 0.643. The Morgan fingerprint density at radius 2 is 2.06 bits per heavy atom. The number of pyridine rings is 1. The molecule has 0 bridgehead atoms. The van der Waals surface area contributed by atoms with Gasteiger partial charge in [-0.15, -0.1) is 11.6 Å². The quantitative estimate of drug-likeness (QED) is 0.760. The predicted octanol–water partition coefficient (Wildman–Crippen LogP) is 3.84. The van der Waals surface area contributed by atoms with Crippen LogP contribution in [-0.4, -0.2) is 18.1 Å². The van der Waals surface area contributed by atoms with E-state index in [2.05, 4.69) is 29.8 Å². The highest BCUT2D eigenvalue weighted by Gasteiger charge is 2.28. The summed E-state index contributed by atoms with van der Waals surface area (Å²) in [7, 11) is 0. The zero-order valence-electron chi connectivity index (χ0n) is 10.7. The summed E-state index contributed by atoms with van der Waals surface area (Å²) >= 11 is 5.82. The van der Waals surface area contributed by atoms with E-state index in [-0.39, 0.29) is 0 Å². The number of hydrogen-bond donors (Lipinski definition) is 0. The number of alkyl halides is 1. The van der Waals surface area contributed by atoms with Gasteiger partial charge in [-0.25, -0.2) is 4.98 Å². The molecule has 1 aliphatic heterocycles. The van der Waals surface area contributed by atoms with Crippen LogP contribution < -0.4 is 4.90 Å². The summed E-state index contributed by atoms with van der Waals surface area (Å²) in [5.74, 6) is 1.58. The SMILES string of the molecule is CCC1(C)CCN(c2cccc(CCl)n2)CC1. The number of hydrogen-bond acceptors (Lipinski definition) is 2. The molecular weight excluding hydrogens is 232 g/mol. The van der Waals surface area contributed by atoms with Crippen molar-refractivity contribution in [1.29, 1.82) is 0 Å². The molecule has 17 heavy (non-hydrogen) atoms. The normalized spacial score (nSPS) is 19.4. The monoisotopic (exact) mass is 252 g/mol. The molecule has 0 amide bonds. The Kier molecular flexibility index (Phi) is 3.93. The van der Waals surface area contributed by atoms with Gasteiger partial charge in [-0.2, -0.15) is 0 Å². The third kappa shape index (κ3) is 2.92. The maximum atomic E-state index is 5.82. The highest BCUT2D eigenvalue weighted by atomic mass is 35.5. The smallest absolute Gasteiger partial charge is 0.128 e. The van der Waals surface area contributed by atoms with Crippen molar-refractivity contribution in [3.05, 3.63) is 23.9 Å². The van der Waals surface area contributed by atoms with E-state index in [4.69, 9.17) is 11.6 Å². The Hall–Kier alpha value is -0.760. The van der Waals surface area contributed by atoms with E-state index in [0.717, 1.165) is 24.6 Å². The first-order chi connectivity index (χ1) is 8.17. The summed E-state index contributed by atoms with van der Waals surface area (Å²) in [6, 6.07) is 6.12. The second-order valence-corrected chi connectivity index (χ2v) is 5.54. The summed E-state index contributed by atoms with van der Waals surface area (Å²) in [6.07, 6.45) is 3.79. The van der Waals surface area contributed by atoms with Gasteiger partial charge in [0, 0.05) is 13.1 Å². The molecular formula is C14H21ClN2. The lowest BCUT2D eigenvalue weighted by atomic mass is 9.78. The first kappa shape index (κ1) is 12.7. The summed E-state index contributed by atoms with van der Waals surface area (Å²) < 4.78 is 0. The van der Waals surface area contributed by atoms with E-state index in [1.165, 1.54) is 19.3 Å². The lowest BCUT2D eigenvalue weighted by Crippen LogP contribution is -2.38. The molecule has 1 aliphatic rings. The third-order valence-electron chi connectivity index (χ3n) is 4.08. The van der Waals surface area contributed by atoms with Gasteiger partial charge in [-0.1, -0.05) is 26.3 Å². The van der Waals surface area contributed by atoms with Crippen molar-refractivity contribution in [1.82, 2.24) is 4.98 Å². The van der Waals surface area contributed by atoms with Gasteiger partial charge in [-0.3, -0.25) is 0 Å². The summed E-state index contributed by atoms with van der Waals surface area (Å²) in [5, 5.41) is 0. The van der Waals surface area contributed by atoms with E-state index in [9.17, 15) is 0 Å². The molecule has 2 heterocycles. The van der Waals surface area contributed by atoms with E-state index < -0.39 is 0 Å². The van der Waals surface area contributed by atoms with Crippen molar-refractivity contribution in [2.24, 2.45) is 5.41 Å². The lowest BCUT2D eigenvalue weighted by Gasteiger charge is -2.39. The zero-order chi connectivity index (χ0) is 12.3. The maximum Gasteiger partial charge on any atom is 0.128 e. The third-order valence-corrected chi connectivity index (χ3v) is 4.35. The second-order valence-electron chi connectivity index (χ2n) is 5.27. The van der Waals surface area contributed by atoms with Crippen molar-refractivity contribution in [2.75, 3.05) is 18.0 Å². The van der Waals surface area contributed by atoms with Crippen LogP contribution in [0.1, 0.15) is 38.8 Å². The highest BCUT2D eigenvalue weighted by Crippen LogP contribution is 2.35. The van der Waals surface area contributed by atoms with Gasteiger partial charge in [0.05, 0.1) is 11.6 Å². The molecule has 1 fully saturated rings. The van der Waals surface area contributed by atoms with Crippen LogP contribution in [0.2, 0.25) is 0 Å². The Morgan fingerprint density at radius 1 is 1.35 bits per heavy atom. The number of anilines is 1. The van der Waals surface area contributed by atoms with Crippen LogP contribution in [0.25, 0.3) is 0 Å². The standard InChI is InChI=1S/C14H21ClN2/c1-3-14(2)7-9-17(10-8-14)13-6-4-5-12(11-15)16-13/h4-6H,3,7-11H2,1-2H3. The van der Waals surface area contributed by atoms with E-state index >= 15 is 0 Å². The molecule has 2 rings (SSSR count). The molecule has 0 N–H and O–H groups in total. The van der Waals surface area contributed by atoms with Crippen molar-refractivity contribution >= 4 is 17.4 Å². The Balaban J connectivity index is 2.05. The predicted molar refractivity (Wildman–Crippen MR) is 73.6 cm³/mol. The van der Waals surface area contributed by atoms with Crippen molar-refractivity contribution in [3.63, 3.8) is 0 Å². The van der Waals surface area contributed by atoms with Crippen molar-refractivity contribution in [3.8, 4) is 0 Å². The molecule has 1 aromatic heterocycles. The Morgan fingerprint density at radius 3 is 2.65 bits per heavy atom. The molecule has 0 aliphatic carbocycles. The maximum absolute atomic E-state index is 5.82. The van der Waals surface area contributed by atoms with Crippen molar-refractivity contribution < 1.29 is 0 Å². The van der Waals surface area contributed by atoms with Crippen LogP contribution in [0.15, 0.2) is 18.2 Å². The van der Waals surface area contributed by atoms with Crippen molar-refractivity contribution in [2.45, 2.75) is 39.0 Å². The minimum Gasteiger partial charge on any atom is -0.357 e. The second kappa shape index (κ2) is 5.26. The first-order valence-electron chi connectivity index (χ1n) is 6.44. The van der Waals surface area contributed by atoms with Crippen LogP contribution in [0, 0.1) is 5.41 Å². The number of rotatable bonds is 3. The highest BCUT2D eigenvalue weighted by molar-refractivity contribution is 6.16. The summed E-state index contributed by atoms with van der Waals surface area (Å²) in [5.41, 5.74) is 1.49. The van der Waals surface area contributed by atoms with Gasteiger partial charge in [0.2, 0.25) is 0 Å². The minimum absolute atomic E-state index is 0.494. The minimum atomic E-state index is 0.494. The number of nitrogens with zero attached hydrogens (tertiary/aromatic N) is 2. The van der Waals surface area contributed by atoms with Crippen LogP contribution in [0.3, 0.4) is 0 Å². The zero-order valence-corrected chi connectivity index (χ0v) is 11.5. The van der Waals surface area contributed by atoms with Gasteiger partial charge in [0.15, 0.2) is 0 Å². The molecule has 0 saturated carbocycles. The van der Waals surface area contributed by atoms with E-state index in [0.29, 0.717) is 11.3 Å². The molecule has 0 radical (unpaired) electrons. The largest absolute Gasteiger partial charge is 0.357 e. The molecule has 94 valence electrons. The van der Waals surface area contributed by atoms with Gasteiger partial charge >= 0.3 is 0 Å². The summed E-state index contributed by atoms with van der Waals surface area (Å²) in [4.78, 5) is 6.96. The average Bonchev–Trinajstić information content (AvgIpc) is 2.40. The van der Waals surface area contributed by atoms with Gasteiger partial charge in [0.1, 0.15) is 5.82 Å². The average molecular weight is 253 g/mol. The van der Waals surface area contributed by atoms with Crippen LogP contribution >= 0.6 is 11.6 Å². The molecule has 1 saturated heterocycles. The molecule has 0 aromatic carbocycles. The topological polar surface area (TPSA) is 16.1 Å². The number of halogens is 1. The van der Waals surface area contributed by atoms with E-state index in [1.807, 2.05) is 12.1 Å². The number of aromatic nitrogens is 1. The molecule has 3 heteroatoms. The molecule has 0 atom stereocenters. The first-order valence-corrected chi connectivity index (χ1v) is 6.97. The van der Waals surface area contributed by atoms with Gasteiger partial charge in [-0.05, 0) is 30.4 Å². The number of piperidine rings is 1. The van der Waals surface area contributed by atoms with Crippen LogP contribution in [-0.2, 0) is 5.88 Å². The Bertz CT molecular complexity index is 370. The van der Waals surface area contributed by atoms with Crippen LogP contribution in [0.4, 0.5) is 5.82 Å². The molecule has 0 spiro atoms. The summed E-state index contributed by atoms with van der Waals surface area (Å²) in [6.45, 7) is 6.92. The van der Waals surface area contributed by atoms with E-state index in [1.54, 1.807) is 0 Å². The molecule has 1 aromatic rings. The van der Waals surface area contributed by atoms with Gasteiger partial charge in [0.25, 0.3) is 0 Å². The lowest BCUT2D eigenvalue weighted by molar-refractivity contribution is 0.238. The Labute approximate surface area is 109 Å². The fourth-order valence-corrected chi connectivity index (χ4v) is 2.50. The van der Waals surface area contributed by atoms with Crippen LogP contribution in [0.5, 0.6) is 0 Å². The molecule has 2 nitrogen and oxygen atoms in total. The fourth-order valence-electron chi connectivity index (χ4n) is 2.35.